The Morgan fingerprint density at radius 3 is 2.71 bits per heavy atom. The molecule has 2 N–H and O–H groups in total. The van der Waals surface area contributed by atoms with Crippen molar-refractivity contribution in [2.75, 3.05) is 10.6 Å². The van der Waals surface area contributed by atoms with Gasteiger partial charge >= 0.3 is 0 Å². The number of aromatic nitrogens is 2. The number of hydrogen-bond acceptors (Lipinski definition) is 4. The molecule has 1 atom stereocenters. The molecule has 0 bridgehead atoms. The number of carbonyl (C=O) groups is 2. The highest BCUT2D eigenvalue weighted by Gasteiger charge is 2.38. The molecule has 2 aliphatic rings. The van der Waals surface area contributed by atoms with Crippen LogP contribution >= 0.6 is 11.6 Å². The molecule has 3 aromatic rings. The van der Waals surface area contributed by atoms with Crippen LogP contribution in [0.2, 0.25) is 5.02 Å². The maximum absolute atomic E-state index is 13.1. The van der Waals surface area contributed by atoms with E-state index in [0.717, 1.165) is 29.7 Å². The molecule has 0 unspecified atom stereocenters. The summed E-state index contributed by atoms with van der Waals surface area (Å²) >= 11 is 6.52. The second-order valence-electron chi connectivity index (χ2n) is 7.89. The summed E-state index contributed by atoms with van der Waals surface area (Å²) in [6, 6.07) is 14.6. The molecule has 1 aliphatic carbocycles. The Bertz CT molecular complexity index is 1230. The Labute approximate surface area is 184 Å². The van der Waals surface area contributed by atoms with Crippen LogP contribution in [0.3, 0.4) is 0 Å². The van der Waals surface area contributed by atoms with E-state index in [1.54, 1.807) is 16.9 Å². The largest absolute Gasteiger partial charge is 0.343 e. The Hall–Kier alpha value is -3.38. The van der Waals surface area contributed by atoms with Crippen LogP contribution in [0.5, 0.6) is 0 Å². The van der Waals surface area contributed by atoms with E-state index in [0.29, 0.717) is 34.1 Å². The van der Waals surface area contributed by atoms with Gasteiger partial charge in [-0.2, -0.15) is 5.10 Å². The molecule has 0 saturated carbocycles. The molecule has 31 heavy (non-hydrogen) atoms. The highest BCUT2D eigenvalue weighted by Crippen LogP contribution is 2.43. The lowest BCUT2D eigenvalue weighted by Crippen LogP contribution is -2.32. The van der Waals surface area contributed by atoms with Gasteiger partial charge in [0.15, 0.2) is 5.78 Å². The molecule has 6 nitrogen and oxygen atoms in total. The van der Waals surface area contributed by atoms with E-state index in [1.807, 2.05) is 49.4 Å². The number of fused-ring (bicyclic) bond motifs is 1. The summed E-state index contributed by atoms with van der Waals surface area (Å²) in [5, 5.41) is 11.3. The van der Waals surface area contributed by atoms with E-state index < -0.39 is 6.04 Å². The number of allylic oxidation sites excluding steroid dienone is 2. The summed E-state index contributed by atoms with van der Waals surface area (Å²) in [6.45, 7) is 2.00. The minimum Gasteiger partial charge on any atom is -0.343 e. The van der Waals surface area contributed by atoms with Crippen LogP contribution in [0.15, 0.2) is 66.0 Å². The number of Topliss-reactive ketones (excluding diaryl/α,β-unsaturated/α-hetero) is 1. The Kier molecular flexibility index (Phi) is 4.87. The summed E-state index contributed by atoms with van der Waals surface area (Å²) in [7, 11) is 0. The lowest BCUT2D eigenvalue weighted by molar-refractivity contribution is -0.116. The first-order valence-electron chi connectivity index (χ1n) is 10.3. The maximum Gasteiger partial charge on any atom is 0.261 e. The summed E-state index contributed by atoms with van der Waals surface area (Å²) in [4.78, 5) is 25.9. The average molecular weight is 433 g/mol. The number of nitrogens with zero attached hydrogens (tertiary/aromatic N) is 2. The van der Waals surface area contributed by atoms with E-state index in [4.69, 9.17) is 11.6 Å². The number of benzene rings is 2. The molecule has 1 aromatic heterocycles. The summed E-state index contributed by atoms with van der Waals surface area (Å²) in [5.41, 5.74) is 4.57. The highest BCUT2D eigenvalue weighted by atomic mass is 35.5. The Morgan fingerprint density at radius 2 is 1.94 bits per heavy atom. The third-order valence-electron chi connectivity index (χ3n) is 5.79. The molecule has 156 valence electrons. The topological polar surface area (TPSA) is 76.0 Å². The predicted octanol–water partition coefficient (Wildman–Crippen LogP) is 5.12. The second kappa shape index (κ2) is 7.71. The second-order valence-corrected chi connectivity index (χ2v) is 8.30. The number of halogens is 1. The van der Waals surface area contributed by atoms with Gasteiger partial charge in [-0.05, 0) is 43.5 Å². The molecule has 0 spiro atoms. The minimum absolute atomic E-state index is 0.0884. The number of nitrogens with one attached hydrogen (secondary N) is 2. The molecule has 1 aliphatic heterocycles. The molecule has 7 heteroatoms. The molecular formula is C24H21ClN4O2. The zero-order valence-electron chi connectivity index (χ0n) is 17.0. The van der Waals surface area contributed by atoms with Gasteiger partial charge in [-0.1, -0.05) is 47.5 Å². The van der Waals surface area contributed by atoms with Gasteiger partial charge in [0.25, 0.3) is 5.91 Å². The van der Waals surface area contributed by atoms with E-state index in [9.17, 15) is 9.59 Å². The van der Waals surface area contributed by atoms with Crippen LogP contribution in [0.1, 0.15) is 46.8 Å². The number of ketones is 1. The zero-order valence-corrected chi connectivity index (χ0v) is 17.7. The quantitative estimate of drug-likeness (QED) is 0.602. The fraction of sp³-hybridized carbons (Fsp3) is 0.208. The molecular weight excluding hydrogens is 412 g/mol. The zero-order chi connectivity index (χ0) is 21.5. The number of anilines is 2. The summed E-state index contributed by atoms with van der Waals surface area (Å²) in [6.07, 6.45) is 3.56. The maximum atomic E-state index is 13.1. The van der Waals surface area contributed by atoms with Crippen molar-refractivity contribution >= 4 is 34.8 Å². The monoisotopic (exact) mass is 432 g/mol. The summed E-state index contributed by atoms with van der Waals surface area (Å²) in [5.74, 6) is 0.398. The van der Waals surface area contributed by atoms with E-state index in [-0.39, 0.29) is 11.7 Å². The number of carbonyl (C=O) groups excluding carboxylic acids is 2. The molecule has 0 radical (unpaired) electrons. The highest BCUT2D eigenvalue weighted by molar-refractivity contribution is 6.31. The van der Waals surface area contributed by atoms with Gasteiger partial charge in [-0.25, -0.2) is 4.68 Å². The van der Waals surface area contributed by atoms with E-state index in [2.05, 4.69) is 15.7 Å². The van der Waals surface area contributed by atoms with Crippen molar-refractivity contribution in [3.05, 3.63) is 87.7 Å². The molecule has 5 rings (SSSR count). The van der Waals surface area contributed by atoms with Crippen molar-refractivity contribution in [2.45, 2.75) is 32.2 Å². The number of hydrogen-bond donors (Lipinski definition) is 2. The van der Waals surface area contributed by atoms with Crippen molar-refractivity contribution in [1.82, 2.24) is 9.78 Å². The van der Waals surface area contributed by atoms with Crippen molar-refractivity contribution in [3.8, 4) is 0 Å². The van der Waals surface area contributed by atoms with Crippen molar-refractivity contribution in [2.24, 2.45) is 0 Å². The van der Waals surface area contributed by atoms with Gasteiger partial charge in [0.2, 0.25) is 0 Å². The first-order chi connectivity index (χ1) is 15.0. The molecule has 2 aromatic carbocycles. The smallest absolute Gasteiger partial charge is 0.261 e. The lowest BCUT2D eigenvalue weighted by atomic mass is 9.85. The molecule has 0 saturated heterocycles. The first-order valence-corrected chi connectivity index (χ1v) is 10.6. The fourth-order valence-electron chi connectivity index (χ4n) is 4.24. The van der Waals surface area contributed by atoms with Gasteiger partial charge in [0.1, 0.15) is 17.4 Å². The average Bonchev–Trinajstić information content (AvgIpc) is 3.18. The van der Waals surface area contributed by atoms with Crippen LogP contribution in [0.4, 0.5) is 11.5 Å². The van der Waals surface area contributed by atoms with Crippen LogP contribution in [-0.2, 0) is 4.79 Å². The lowest BCUT2D eigenvalue weighted by Gasteiger charge is -2.33. The van der Waals surface area contributed by atoms with Crippen LogP contribution in [0.25, 0.3) is 0 Å². The van der Waals surface area contributed by atoms with Gasteiger partial charge in [0, 0.05) is 28.4 Å². The minimum atomic E-state index is -0.464. The van der Waals surface area contributed by atoms with Crippen molar-refractivity contribution in [1.29, 1.82) is 0 Å². The first kappa shape index (κ1) is 19.6. The molecule has 1 amide bonds. The van der Waals surface area contributed by atoms with Crippen LogP contribution in [-0.4, -0.2) is 21.5 Å². The normalized spacial score (nSPS) is 17.6. The Balaban J connectivity index is 1.58. The summed E-state index contributed by atoms with van der Waals surface area (Å²) < 4.78 is 1.70. The van der Waals surface area contributed by atoms with Gasteiger partial charge in [-0.3, -0.25) is 9.59 Å². The number of rotatable bonds is 3. The predicted molar refractivity (Wildman–Crippen MR) is 120 cm³/mol. The fourth-order valence-corrected chi connectivity index (χ4v) is 4.48. The SMILES string of the molecule is Cc1ccc(NC(=O)c2cnn3c2NC2=C(C(=O)CCC2)[C@@H]3c2ccccc2Cl)cc1. The molecule has 0 fully saturated rings. The number of aryl methyl sites for hydroxylation is 1. The van der Waals surface area contributed by atoms with Gasteiger partial charge < -0.3 is 10.6 Å². The van der Waals surface area contributed by atoms with Gasteiger partial charge in [-0.15, -0.1) is 0 Å². The van der Waals surface area contributed by atoms with Crippen LogP contribution in [0, 0.1) is 6.92 Å². The standard InChI is InChI=1S/C24H21ClN4O2/c1-14-9-11-15(12-10-14)27-24(31)17-13-26-29-22(16-5-2-3-6-18(16)25)21-19(28-23(17)29)7-4-8-20(21)30/h2-3,5-6,9-13,22,28H,4,7-8H2,1H3,(H,27,31)/t22-/m0/s1. The van der Waals surface area contributed by atoms with Crippen molar-refractivity contribution < 1.29 is 9.59 Å². The van der Waals surface area contributed by atoms with E-state index >= 15 is 0 Å². The number of amides is 1. The van der Waals surface area contributed by atoms with E-state index in [1.165, 1.54) is 0 Å². The Morgan fingerprint density at radius 1 is 1.16 bits per heavy atom. The van der Waals surface area contributed by atoms with Gasteiger partial charge in [0.05, 0.1) is 6.20 Å². The molecule has 2 heterocycles. The third kappa shape index (κ3) is 3.43. The third-order valence-corrected chi connectivity index (χ3v) is 6.14. The van der Waals surface area contributed by atoms with Crippen LogP contribution < -0.4 is 10.6 Å². The van der Waals surface area contributed by atoms with Crippen molar-refractivity contribution in [3.63, 3.8) is 0 Å².